The van der Waals surface area contributed by atoms with E-state index in [0.717, 1.165) is 0 Å². The van der Waals surface area contributed by atoms with E-state index < -0.39 is 0 Å². The van der Waals surface area contributed by atoms with Gasteiger partial charge in [0.05, 0.1) is 7.05 Å². The van der Waals surface area contributed by atoms with Crippen molar-refractivity contribution in [1.82, 2.24) is 9.47 Å². The lowest BCUT2D eigenvalue weighted by Gasteiger charge is -2.23. The lowest BCUT2D eigenvalue weighted by Crippen LogP contribution is -2.48. The van der Waals surface area contributed by atoms with Crippen molar-refractivity contribution in [1.29, 1.82) is 0 Å². The van der Waals surface area contributed by atoms with Gasteiger partial charge in [0.1, 0.15) is 16.5 Å². The highest BCUT2D eigenvalue weighted by Crippen LogP contribution is 2.40. The predicted octanol–water partition coefficient (Wildman–Crippen LogP) is 3.58. The zero-order valence-electron chi connectivity index (χ0n) is 10.5. The lowest BCUT2D eigenvalue weighted by atomic mass is 10.1. The van der Waals surface area contributed by atoms with Crippen molar-refractivity contribution in [3.05, 3.63) is 47.1 Å². The molecule has 0 saturated carbocycles. The van der Waals surface area contributed by atoms with Gasteiger partial charge < -0.3 is 4.74 Å². The quantitative estimate of drug-likeness (QED) is 0.459. The van der Waals surface area contributed by atoms with E-state index in [1.54, 1.807) is 43.4 Å². The van der Waals surface area contributed by atoms with Crippen molar-refractivity contribution in [3.63, 3.8) is 0 Å². The van der Waals surface area contributed by atoms with Crippen molar-refractivity contribution >= 4 is 40.9 Å². The van der Waals surface area contributed by atoms with Crippen molar-refractivity contribution in [3.8, 4) is 11.6 Å². The number of benzene rings is 1. The summed E-state index contributed by atoms with van der Waals surface area (Å²) in [5.41, 5.74) is 2.41. The Kier molecular flexibility index (Phi) is 3.05. The number of carbonyl (C=O) groups is 1. The summed E-state index contributed by atoms with van der Waals surface area (Å²) in [6, 6.07) is 10.3. The molecule has 1 aromatic heterocycles. The fourth-order valence-corrected chi connectivity index (χ4v) is 2.49. The van der Waals surface area contributed by atoms with Gasteiger partial charge in [-0.25, -0.2) is 4.79 Å². The van der Waals surface area contributed by atoms with E-state index in [9.17, 15) is 4.79 Å². The molecule has 0 fully saturated rings. The predicted molar refractivity (Wildman–Crippen MR) is 81.5 cm³/mol. The smallest absolute Gasteiger partial charge is 0.359 e. The second kappa shape index (κ2) is 4.63. The maximum absolute atomic E-state index is 12.8. The first kappa shape index (κ1) is 13.2. The molecular formula is C14H10ClN2O2S+. The van der Waals surface area contributed by atoms with Crippen molar-refractivity contribution in [2.45, 2.75) is 0 Å². The Morgan fingerprint density at radius 1 is 1.30 bits per heavy atom. The molecule has 4 nitrogen and oxygen atoms in total. The number of para-hydroxylation sites is 1. The van der Waals surface area contributed by atoms with Crippen LogP contribution in [0.1, 0.15) is 10.4 Å². The molecule has 1 aliphatic heterocycles. The summed E-state index contributed by atoms with van der Waals surface area (Å²) in [6.45, 7) is 0. The summed E-state index contributed by atoms with van der Waals surface area (Å²) in [4.78, 5) is 16.9. The van der Waals surface area contributed by atoms with Crippen molar-refractivity contribution < 1.29 is 9.53 Å². The van der Waals surface area contributed by atoms with Gasteiger partial charge in [-0.1, -0.05) is 23.7 Å². The number of thiocarbonyl (C=S) groups is 1. The number of aromatic nitrogens is 1. The zero-order valence-corrected chi connectivity index (χ0v) is 12.1. The zero-order chi connectivity index (χ0) is 14.3. The summed E-state index contributed by atoms with van der Waals surface area (Å²) >= 11 is 11.0. The minimum Gasteiger partial charge on any atom is -0.433 e. The molecule has 0 bridgehead atoms. The van der Waals surface area contributed by atoms with E-state index in [4.69, 9.17) is 28.6 Å². The van der Waals surface area contributed by atoms with Crippen LogP contribution in [0.15, 0.2) is 36.4 Å². The molecule has 1 aromatic carbocycles. The average molecular weight is 306 g/mol. The van der Waals surface area contributed by atoms with E-state index in [2.05, 4.69) is 4.98 Å². The molecule has 0 N–H and O–H groups in total. The van der Waals surface area contributed by atoms with Crippen LogP contribution in [-0.4, -0.2) is 23.4 Å². The standard InChI is InChI=1S/C14H10ClN2O2S/c1-17(8-20)10-6-7-12(15)16-13(10)19-11-5-3-2-4-9(11)14(17)18/h2-8H,1H3/q+1. The number of ether oxygens (including phenoxy) is 1. The van der Waals surface area contributed by atoms with Gasteiger partial charge in [-0.15, -0.1) is 0 Å². The summed E-state index contributed by atoms with van der Waals surface area (Å²) in [5.74, 6) is 0.574. The van der Waals surface area contributed by atoms with Gasteiger partial charge in [-0.05, 0) is 30.4 Å². The molecule has 0 saturated heterocycles. The van der Waals surface area contributed by atoms with E-state index in [-0.39, 0.29) is 10.4 Å². The Morgan fingerprint density at radius 2 is 2.05 bits per heavy atom. The monoisotopic (exact) mass is 305 g/mol. The lowest BCUT2D eigenvalue weighted by molar-refractivity contribution is 0.0881. The SMILES string of the molecule is C[N+]1(C=S)C(=O)c2ccccc2Oc2nc(Cl)ccc21. The number of halogens is 1. The number of pyridine rings is 1. The van der Waals surface area contributed by atoms with Crippen LogP contribution >= 0.6 is 23.8 Å². The number of carbonyl (C=O) groups excluding carboxylic acids is 1. The van der Waals surface area contributed by atoms with Crippen LogP contribution in [0, 0.1) is 0 Å². The van der Waals surface area contributed by atoms with Gasteiger partial charge in [0.25, 0.3) is 5.88 Å². The third-order valence-corrected chi connectivity index (χ3v) is 3.90. The largest absolute Gasteiger partial charge is 0.433 e. The topological polar surface area (TPSA) is 39.2 Å². The molecule has 20 heavy (non-hydrogen) atoms. The fourth-order valence-electron chi connectivity index (χ4n) is 2.14. The first-order valence-corrected chi connectivity index (χ1v) is 6.72. The highest BCUT2D eigenvalue weighted by Gasteiger charge is 2.42. The molecule has 6 heteroatoms. The number of rotatable bonds is 1. The Bertz CT molecular complexity index is 735. The van der Waals surface area contributed by atoms with Crippen LogP contribution in [0.2, 0.25) is 5.15 Å². The Balaban J connectivity index is 2.34. The first-order valence-electron chi connectivity index (χ1n) is 5.87. The number of nitrogens with zero attached hydrogens (tertiary/aromatic N) is 2. The highest BCUT2D eigenvalue weighted by molar-refractivity contribution is 7.79. The van der Waals surface area contributed by atoms with Crippen LogP contribution in [0.4, 0.5) is 5.69 Å². The number of amides is 1. The van der Waals surface area contributed by atoms with Crippen LogP contribution < -0.4 is 9.22 Å². The van der Waals surface area contributed by atoms with Crippen LogP contribution in [-0.2, 0) is 0 Å². The molecule has 1 amide bonds. The van der Waals surface area contributed by atoms with E-state index >= 15 is 0 Å². The first-order chi connectivity index (χ1) is 9.56. The molecule has 0 aliphatic carbocycles. The average Bonchev–Trinajstić information content (AvgIpc) is 2.54. The summed E-state index contributed by atoms with van der Waals surface area (Å²) in [7, 11) is 1.70. The molecule has 1 unspecified atom stereocenters. The molecule has 0 radical (unpaired) electrons. The van der Waals surface area contributed by atoms with Gasteiger partial charge in [0.15, 0.2) is 5.49 Å². The molecule has 3 rings (SSSR count). The van der Waals surface area contributed by atoms with Crippen LogP contribution in [0.5, 0.6) is 11.6 Å². The van der Waals surface area contributed by atoms with Gasteiger partial charge in [0.2, 0.25) is 5.69 Å². The highest BCUT2D eigenvalue weighted by atomic mass is 35.5. The Labute approximate surface area is 126 Å². The molecule has 2 heterocycles. The summed E-state index contributed by atoms with van der Waals surface area (Å²) in [6.07, 6.45) is 0. The number of hydrogen-bond donors (Lipinski definition) is 0. The van der Waals surface area contributed by atoms with Gasteiger partial charge >= 0.3 is 5.91 Å². The normalized spacial score (nSPS) is 20.4. The Morgan fingerprint density at radius 3 is 2.80 bits per heavy atom. The summed E-state index contributed by atoms with van der Waals surface area (Å²) < 4.78 is 5.55. The third kappa shape index (κ3) is 1.83. The number of quaternary nitrogens is 1. The second-order valence-electron chi connectivity index (χ2n) is 4.54. The molecule has 0 spiro atoms. The van der Waals surface area contributed by atoms with E-state index in [1.165, 1.54) is 5.49 Å². The van der Waals surface area contributed by atoms with Gasteiger partial charge in [0, 0.05) is 6.07 Å². The van der Waals surface area contributed by atoms with Crippen LogP contribution in [0.25, 0.3) is 0 Å². The second-order valence-corrected chi connectivity index (χ2v) is 5.14. The molecule has 100 valence electrons. The fraction of sp³-hybridized carbons (Fsp3) is 0.0714. The molecule has 1 atom stereocenters. The minimum atomic E-state index is -0.203. The number of fused-ring (bicyclic) bond motifs is 2. The van der Waals surface area contributed by atoms with E-state index in [0.29, 0.717) is 28.0 Å². The maximum Gasteiger partial charge on any atom is 0.359 e. The minimum absolute atomic E-state index is 0.168. The summed E-state index contributed by atoms with van der Waals surface area (Å²) in [5, 5.41) is 0.298. The van der Waals surface area contributed by atoms with Crippen molar-refractivity contribution in [2.24, 2.45) is 0 Å². The maximum atomic E-state index is 12.8. The van der Waals surface area contributed by atoms with Gasteiger partial charge in [-0.3, -0.25) is 0 Å². The van der Waals surface area contributed by atoms with E-state index in [1.807, 2.05) is 0 Å². The molecular weight excluding hydrogens is 296 g/mol. The van der Waals surface area contributed by atoms with Crippen LogP contribution in [0.3, 0.4) is 0 Å². The Hall–Kier alpha value is -1.82. The number of hydrogen-bond acceptors (Lipinski definition) is 4. The van der Waals surface area contributed by atoms with Gasteiger partial charge in [-0.2, -0.15) is 9.47 Å². The van der Waals surface area contributed by atoms with Crippen molar-refractivity contribution in [2.75, 3.05) is 7.05 Å². The third-order valence-electron chi connectivity index (χ3n) is 3.26. The molecule has 2 aromatic rings. The molecule has 1 aliphatic rings.